The zero-order chi connectivity index (χ0) is 59.1. The molecule has 0 bridgehead atoms. The molecular formula is C76H100Si4. The first-order valence-electron chi connectivity index (χ1n) is 31.1. The molecule has 1 aliphatic carbocycles. The fraction of sp³-hybridized carbons (Fsp3) is 0.474. The molecule has 0 amide bonds. The third-order valence-electron chi connectivity index (χ3n) is 20.4. The van der Waals surface area contributed by atoms with Gasteiger partial charge in [-0.15, -0.1) is 22.2 Å². The maximum absolute atomic E-state index is 4.19. The molecule has 420 valence electrons. The van der Waals surface area contributed by atoms with E-state index in [0.29, 0.717) is 66.5 Å². The fourth-order valence-corrected chi connectivity index (χ4v) is 37.2. The van der Waals surface area contributed by atoms with E-state index in [2.05, 4.69) is 309 Å². The summed E-state index contributed by atoms with van der Waals surface area (Å²) >= 11 is 0. The van der Waals surface area contributed by atoms with E-state index in [1.807, 2.05) is 0 Å². The SMILES string of the molecule is CC(C)[Si](C#Cc1c2ccccc2c(C#C[Si](C(C)C)(C(C)C)C(C)C)c2cc3c(cc12)C=Cc1cc2c(C#C[Si](C(C)C)(C(C)C)C(C)C)c4ccccc4c(C#C[Si](C(C)C)(C(C)C)C(C)C)c2cc1C=C3)(C(C)C)C(C)C. The summed E-state index contributed by atoms with van der Waals surface area (Å²) in [5.74, 6) is 16.2. The molecule has 0 radical (unpaired) electrons. The Bertz CT molecular complexity index is 3060. The van der Waals surface area contributed by atoms with Gasteiger partial charge in [0.2, 0.25) is 0 Å². The van der Waals surface area contributed by atoms with Crippen molar-refractivity contribution in [3.8, 4) is 45.9 Å². The van der Waals surface area contributed by atoms with Crippen LogP contribution < -0.4 is 0 Å². The number of rotatable bonds is 12. The molecule has 0 spiro atoms. The zero-order valence-corrected chi connectivity index (χ0v) is 58.2. The Morgan fingerprint density at radius 2 is 0.375 bits per heavy atom. The van der Waals surface area contributed by atoms with E-state index in [0.717, 1.165) is 22.3 Å². The van der Waals surface area contributed by atoms with E-state index in [9.17, 15) is 0 Å². The van der Waals surface area contributed by atoms with Crippen LogP contribution >= 0.6 is 0 Å². The fourth-order valence-electron chi connectivity index (χ4n) is 16.4. The largest absolute Gasteiger partial charge is 0.146 e. The van der Waals surface area contributed by atoms with Crippen LogP contribution in [0.1, 0.15) is 211 Å². The van der Waals surface area contributed by atoms with E-state index in [-0.39, 0.29) is 0 Å². The van der Waals surface area contributed by atoms with Crippen LogP contribution in [0.3, 0.4) is 0 Å². The number of hydrogen-bond acceptors (Lipinski definition) is 0. The van der Waals surface area contributed by atoms with Gasteiger partial charge in [0.25, 0.3) is 0 Å². The monoisotopic (exact) mass is 1120 g/mol. The van der Waals surface area contributed by atoms with Crippen LogP contribution in [0.15, 0.2) is 72.8 Å². The lowest BCUT2D eigenvalue weighted by Gasteiger charge is -2.38. The molecule has 0 atom stereocenters. The van der Waals surface area contributed by atoms with Crippen LogP contribution in [0, 0.1) is 45.9 Å². The molecule has 0 aromatic heterocycles. The lowest BCUT2D eigenvalue weighted by molar-refractivity contribution is 0.838. The van der Waals surface area contributed by atoms with Crippen LogP contribution in [-0.4, -0.2) is 32.3 Å². The van der Waals surface area contributed by atoms with E-state index >= 15 is 0 Å². The summed E-state index contributed by atoms with van der Waals surface area (Å²) in [6, 6.07) is 27.9. The number of benzene rings is 6. The molecule has 80 heavy (non-hydrogen) atoms. The van der Waals surface area contributed by atoms with E-state index in [4.69, 9.17) is 0 Å². The highest BCUT2D eigenvalue weighted by Crippen LogP contribution is 2.47. The van der Waals surface area contributed by atoms with Crippen molar-refractivity contribution in [3.63, 3.8) is 0 Å². The highest BCUT2D eigenvalue weighted by molar-refractivity contribution is 6.92. The summed E-state index contributed by atoms with van der Waals surface area (Å²) in [5, 5.41) is 9.63. The lowest BCUT2D eigenvalue weighted by Crippen LogP contribution is -2.43. The Labute approximate surface area is 492 Å². The molecule has 0 saturated carbocycles. The predicted molar refractivity (Wildman–Crippen MR) is 372 cm³/mol. The summed E-state index contributed by atoms with van der Waals surface area (Å²) in [6.07, 6.45) is 9.50. The molecule has 0 fully saturated rings. The zero-order valence-electron chi connectivity index (χ0n) is 54.2. The predicted octanol–water partition coefficient (Wildman–Crippen LogP) is 23.2. The Kier molecular flexibility index (Phi) is 19.1. The molecule has 1 aliphatic rings. The van der Waals surface area contributed by atoms with E-state index in [1.165, 1.54) is 65.3 Å². The Morgan fingerprint density at radius 1 is 0.225 bits per heavy atom. The summed E-state index contributed by atoms with van der Waals surface area (Å²) < 4.78 is 0. The van der Waals surface area contributed by atoms with Gasteiger partial charge < -0.3 is 0 Å². The topological polar surface area (TPSA) is 0 Å². The molecule has 6 aromatic rings. The first-order chi connectivity index (χ1) is 37.6. The Hall–Kier alpha value is -5.05. The first kappa shape index (κ1) is 62.5. The van der Waals surface area contributed by atoms with Gasteiger partial charge in [-0.1, -0.05) is 263 Å². The average molecular weight is 1130 g/mol. The van der Waals surface area contributed by atoms with Crippen LogP contribution in [0.4, 0.5) is 0 Å². The second-order valence-corrected chi connectivity index (χ2v) is 50.2. The van der Waals surface area contributed by atoms with Crippen molar-refractivity contribution < 1.29 is 0 Å². The molecule has 0 unspecified atom stereocenters. The molecular weight excluding hydrogens is 1030 g/mol. The van der Waals surface area contributed by atoms with Gasteiger partial charge in [0, 0.05) is 22.3 Å². The highest BCUT2D eigenvalue weighted by Gasteiger charge is 2.45. The molecule has 6 aromatic carbocycles. The minimum atomic E-state index is -2.10. The molecule has 0 N–H and O–H groups in total. The third kappa shape index (κ3) is 10.8. The second-order valence-electron chi connectivity index (χ2n) is 27.9. The standard InChI is InChI=1S/C76H100Si4/c1-49(2)77(50(3)4,51(5)6)41-37-69-65-29-25-26-30-66(65)70(38-42-78(52(7)8,53(9)10)54(11)12)74-46-62-35-36-64-48-76-72(40-44-80(58(19)20,59(21)22)60(23)24)68-32-28-27-31-67(68)71(39-43-79(55(13)14,56(15)16)57(17)18)75(76)47-63(64)34-33-61(62)45-73(69)74/h25-36,45-60H,1-24H3. The van der Waals surface area contributed by atoms with Crippen molar-refractivity contribution in [2.75, 3.05) is 0 Å². The quantitative estimate of drug-likeness (QED) is 0.0650. The van der Waals surface area contributed by atoms with Crippen molar-refractivity contribution in [1.29, 1.82) is 0 Å². The minimum absolute atomic E-state index is 0.525. The summed E-state index contributed by atoms with van der Waals surface area (Å²) in [5.41, 5.74) is 32.4. The maximum atomic E-state index is 4.19. The third-order valence-corrected chi connectivity index (χ3v) is 45.6. The molecule has 0 saturated heterocycles. The normalized spacial score (nSPS) is 13.3. The molecule has 4 heteroatoms. The van der Waals surface area contributed by atoms with Crippen molar-refractivity contribution in [1.82, 2.24) is 0 Å². The van der Waals surface area contributed by atoms with Gasteiger partial charge in [-0.05, 0) is 156 Å². The van der Waals surface area contributed by atoms with Crippen LogP contribution in [-0.2, 0) is 0 Å². The van der Waals surface area contributed by atoms with Crippen LogP contribution in [0.2, 0.25) is 66.5 Å². The van der Waals surface area contributed by atoms with E-state index in [1.54, 1.807) is 0 Å². The minimum Gasteiger partial charge on any atom is -0.125 e. The molecule has 0 aliphatic heterocycles. The summed E-state index contributed by atoms with van der Waals surface area (Å²) in [6.45, 7) is 58.2. The second kappa shape index (κ2) is 24.4. The van der Waals surface area contributed by atoms with Crippen molar-refractivity contribution in [2.45, 2.75) is 233 Å². The Balaban J connectivity index is 1.63. The molecule has 7 rings (SSSR count). The van der Waals surface area contributed by atoms with Crippen molar-refractivity contribution in [2.24, 2.45) is 0 Å². The lowest BCUT2D eigenvalue weighted by atomic mass is 9.87. The molecule has 0 heterocycles. The van der Waals surface area contributed by atoms with Gasteiger partial charge in [0.1, 0.15) is 32.3 Å². The summed E-state index contributed by atoms with van der Waals surface area (Å²) in [4.78, 5) is 0. The number of hydrogen-bond donors (Lipinski definition) is 0. The van der Waals surface area contributed by atoms with Crippen LogP contribution in [0.25, 0.3) is 67.4 Å². The van der Waals surface area contributed by atoms with Crippen molar-refractivity contribution in [3.05, 3.63) is 117 Å². The van der Waals surface area contributed by atoms with Gasteiger partial charge in [-0.3, -0.25) is 0 Å². The van der Waals surface area contributed by atoms with Crippen molar-refractivity contribution >= 4 is 99.7 Å². The number of fused-ring (bicyclic) bond motifs is 6. The first-order valence-corrected chi connectivity index (χ1v) is 40.0. The van der Waals surface area contributed by atoms with Gasteiger partial charge in [-0.25, -0.2) is 0 Å². The Morgan fingerprint density at radius 3 is 0.512 bits per heavy atom. The van der Waals surface area contributed by atoms with Gasteiger partial charge in [0.05, 0.1) is 0 Å². The molecule has 0 nitrogen and oxygen atoms in total. The van der Waals surface area contributed by atoms with Gasteiger partial charge in [0.15, 0.2) is 0 Å². The van der Waals surface area contributed by atoms with E-state index < -0.39 is 32.3 Å². The average Bonchev–Trinajstić information content (AvgIpc) is 3.37. The highest BCUT2D eigenvalue weighted by atomic mass is 28.3. The van der Waals surface area contributed by atoms with Gasteiger partial charge >= 0.3 is 0 Å². The maximum Gasteiger partial charge on any atom is 0.146 e. The van der Waals surface area contributed by atoms with Crippen LogP contribution in [0.5, 0.6) is 0 Å². The summed E-state index contributed by atoms with van der Waals surface area (Å²) in [7, 11) is -8.38. The smallest absolute Gasteiger partial charge is 0.125 e. The van der Waals surface area contributed by atoms with Gasteiger partial charge in [-0.2, -0.15) is 0 Å².